The van der Waals surface area contributed by atoms with Crippen LogP contribution in [0.15, 0.2) is 122 Å². The average Bonchev–Trinajstić information content (AvgIpc) is 3.48. The standard InChI is InChI=1S/C37H20N10/c1-7-21-19-27(23-9-3-15-40-31(23)29(21)38-13-1)33-44-34(28-20-22-8-2-14-39-30(22)32-24(28)10-4-16-41-32)46-37(45-33)47-35-25(11-5-17-42-35)26-12-6-18-43-36(26)47/h1-20H. The summed E-state index contributed by atoms with van der Waals surface area (Å²) in [5, 5.41) is 5.55. The van der Waals surface area contributed by atoms with Gasteiger partial charge in [-0.3, -0.25) is 19.9 Å². The number of nitrogens with zero attached hydrogens (tertiary/aromatic N) is 10. The van der Waals surface area contributed by atoms with E-state index in [0.717, 1.165) is 65.5 Å². The van der Waals surface area contributed by atoms with Gasteiger partial charge in [-0.05, 0) is 60.7 Å². The summed E-state index contributed by atoms with van der Waals surface area (Å²) < 4.78 is 1.91. The Morgan fingerprint density at radius 1 is 0.383 bits per heavy atom. The van der Waals surface area contributed by atoms with Gasteiger partial charge >= 0.3 is 0 Å². The molecule has 8 heterocycles. The predicted octanol–water partition coefficient (Wildman–Crippen LogP) is 7.29. The Labute approximate surface area is 265 Å². The molecule has 10 nitrogen and oxygen atoms in total. The quantitative estimate of drug-likeness (QED) is 0.191. The van der Waals surface area contributed by atoms with Crippen LogP contribution < -0.4 is 0 Å². The highest BCUT2D eigenvalue weighted by Crippen LogP contribution is 2.36. The fourth-order valence-electron chi connectivity index (χ4n) is 6.49. The topological polar surface area (TPSA) is 121 Å². The monoisotopic (exact) mass is 604 g/mol. The maximum Gasteiger partial charge on any atom is 0.241 e. The third-order valence-corrected chi connectivity index (χ3v) is 8.51. The first-order chi connectivity index (χ1) is 23.3. The van der Waals surface area contributed by atoms with Crippen LogP contribution in [0, 0.1) is 0 Å². The summed E-state index contributed by atoms with van der Waals surface area (Å²) in [5.41, 5.74) is 6.20. The maximum absolute atomic E-state index is 5.19. The summed E-state index contributed by atoms with van der Waals surface area (Å²) in [7, 11) is 0. The molecule has 0 saturated carbocycles. The van der Waals surface area contributed by atoms with Crippen LogP contribution in [0.1, 0.15) is 0 Å². The Kier molecular flexibility index (Phi) is 5.34. The van der Waals surface area contributed by atoms with Crippen LogP contribution in [-0.4, -0.2) is 49.4 Å². The molecule has 0 aliphatic rings. The van der Waals surface area contributed by atoms with E-state index in [1.165, 1.54) is 0 Å². The molecule has 0 spiro atoms. The van der Waals surface area contributed by atoms with Crippen molar-refractivity contribution >= 4 is 65.7 Å². The number of hydrogen-bond acceptors (Lipinski definition) is 9. The van der Waals surface area contributed by atoms with Crippen molar-refractivity contribution in [1.29, 1.82) is 0 Å². The summed E-state index contributed by atoms with van der Waals surface area (Å²) in [5.74, 6) is 1.37. The van der Waals surface area contributed by atoms with E-state index >= 15 is 0 Å². The van der Waals surface area contributed by atoms with E-state index in [4.69, 9.17) is 34.9 Å². The van der Waals surface area contributed by atoms with E-state index < -0.39 is 0 Å². The predicted molar refractivity (Wildman–Crippen MR) is 182 cm³/mol. The van der Waals surface area contributed by atoms with Crippen LogP contribution in [0.5, 0.6) is 0 Å². The van der Waals surface area contributed by atoms with E-state index in [-0.39, 0.29) is 0 Å². The van der Waals surface area contributed by atoms with Gasteiger partial charge in [-0.2, -0.15) is 9.97 Å². The molecular formula is C37H20N10. The second kappa shape index (κ2) is 9.85. The SMILES string of the molecule is c1cnc2c(c1)cc(-c1nc(-c3cc4cccnc4c4ncccc34)nc(-n3c4ncccc4c4cccnc43)n1)c1cccnc12. The van der Waals surface area contributed by atoms with Crippen molar-refractivity contribution in [3.8, 4) is 28.7 Å². The summed E-state index contributed by atoms with van der Waals surface area (Å²) >= 11 is 0. The minimum absolute atomic E-state index is 0.397. The summed E-state index contributed by atoms with van der Waals surface area (Å²) in [4.78, 5) is 43.8. The fourth-order valence-corrected chi connectivity index (χ4v) is 6.49. The van der Waals surface area contributed by atoms with E-state index in [9.17, 15) is 0 Å². The molecule has 0 aliphatic heterocycles. The Bertz CT molecular complexity index is 2690. The highest BCUT2D eigenvalue weighted by atomic mass is 15.2. The normalized spacial score (nSPS) is 11.8. The number of fused-ring (bicyclic) bond motifs is 9. The highest BCUT2D eigenvalue weighted by molar-refractivity contribution is 6.11. The van der Waals surface area contributed by atoms with Gasteiger partial charge in [0.1, 0.15) is 11.3 Å². The van der Waals surface area contributed by atoms with Crippen molar-refractivity contribution < 1.29 is 0 Å². The van der Waals surface area contributed by atoms with E-state index in [1.54, 1.807) is 37.2 Å². The first kappa shape index (κ1) is 25.5. The number of rotatable bonds is 3. The van der Waals surface area contributed by atoms with Gasteiger partial charge in [0.2, 0.25) is 5.95 Å². The van der Waals surface area contributed by atoms with Crippen molar-refractivity contribution in [3.05, 3.63) is 122 Å². The second-order valence-corrected chi connectivity index (χ2v) is 11.2. The lowest BCUT2D eigenvalue weighted by molar-refractivity contribution is 0.936. The number of pyridine rings is 6. The molecule has 0 radical (unpaired) electrons. The maximum atomic E-state index is 5.19. The zero-order chi connectivity index (χ0) is 30.9. The average molecular weight is 605 g/mol. The van der Waals surface area contributed by atoms with Crippen molar-refractivity contribution in [1.82, 2.24) is 49.4 Å². The zero-order valence-electron chi connectivity index (χ0n) is 24.5. The molecule has 0 bridgehead atoms. The zero-order valence-corrected chi connectivity index (χ0v) is 24.5. The van der Waals surface area contributed by atoms with Crippen LogP contribution in [0.25, 0.3) is 94.4 Å². The van der Waals surface area contributed by atoms with Gasteiger partial charge in [0, 0.05) is 80.6 Å². The van der Waals surface area contributed by atoms with Gasteiger partial charge < -0.3 is 0 Å². The fraction of sp³-hybridized carbons (Fsp3) is 0. The number of hydrogen-bond donors (Lipinski definition) is 0. The van der Waals surface area contributed by atoms with Crippen molar-refractivity contribution in [2.24, 2.45) is 0 Å². The molecule has 10 aromatic rings. The Hall–Kier alpha value is -6.81. The third kappa shape index (κ3) is 3.82. The second-order valence-electron chi connectivity index (χ2n) is 11.2. The lowest BCUT2D eigenvalue weighted by Crippen LogP contribution is -2.08. The lowest BCUT2D eigenvalue weighted by Gasteiger charge is -2.13. The first-order valence-electron chi connectivity index (χ1n) is 15.0. The number of benzene rings is 2. The molecule has 0 unspecified atom stereocenters. The molecule has 0 aliphatic carbocycles. The number of aromatic nitrogens is 10. The van der Waals surface area contributed by atoms with E-state index in [1.807, 2.05) is 77.4 Å². The van der Waals surface area contributed by atoms with Crippen LogP contribution in [-0.2, 0) is 0 Å². The summed E-state index contributed by atoms with van der Waals surface area (Å²) in [6, 6.07) is 27.8. The summed E-state index contributed by atoms with van der Waals surface area (Å²) in [6.45, 7) is 0. The minimum Gasteiger partial charge on any atom is -0.254 e. The van der Waals surface area contributed by atoms with Crippen LogP contribution >= 0.6 is 0 Å². The van der Waals surface area contributed by atoms with Gasteiger partial charge in [-0.1, -0.05) is 24.3 Å². The van der Waals surface area contributed by atoms with Gasteiger partial charge in [0.05, 0.1) is 22.1 Å². The van der Waals surface area contributed by atoms with E-state index in [2.05, 4.69) is 22.1 Å². The minimum atomic E-state index is 0.397. The van der Waals surface area contributed by atoms with Crippen molar-refractivity contribution in [3.63, 3.8) is 0 Å². The molecule has 0 N–H and O–H groups in total. The molecule has 10 heteroatoms. The van der Waals surface area contributed by atoms with Gasteiger partial charge in [0.25, 0.3) is 0 Å². The Morgan fingerprint density at radius 3 is 1.28 bits per heavy atom. The largest absolute Gasteiger partial charge is 0.254 e. The molecule has 218 valence electrons. The molecule has 10 rings (SSSR count). The van der Waals surface area contributed by atoms with Crippen LogP contribution in [0.3, 0.4) is 0 Å². The smallest absolute Gasteiger partial charge is 0.241 e. The molecule has 0 atom stereocenters. The third-order valence-electron chi connectivity index (χ3n) is 8.51. The van der Waals surface area contributed by atoms with Crippen LogP contribution in [0.4, 0.5) is 0 Å². The van der Waals surface area contributed by atoms with Gasteiger partial charge in [-0.25, -0.2) is 19.5 Å². The Balaban J connectivity index is 1.36. The Morgan fingerprint density at radius 2 is 0.787 bits per heavy atom. The molecule has 0 fully saturated rings. The van der Waals surface area contributed by atoms with E-state index in [0.29, 0.717) is 28.9 Å². The van der Waals surface area contributed by atoms with Crippen molar-refractivity contribution in [2.75, 3.05) is 0 Å². The highest BCUT2D eigenvalue weighted by Gasteiger charge is 2.22. The molecule has 8 aromatic heterocycles. The molecular weight excluding hydrogens is 584 g/mol. The first-order valence-corrected chi connectivity index (χ1v) is 15.0. The van der Waals surface area contributed by atoms with Crippen LogP contribution in [0.2, 0.25) is 0 Å². The van der Waals surface area contributed by atoms with Gasteiger partial charge in [-0.15, -0.1) is 0 Å². The summed E-state index contributed by atoms with van der Waals surface area (Å²) in [6.07, 6.45) is 10.7. The van der Waals surface area contributed by atoms with Crippen molar-refractivity contribution in [2.45, 2.75) is 0 Å². The molecule has 0 amide bonds. The molecule has 47 heavy (non-hydrogen) atoms. The molecule has 2 aromatic carbocycles. The molecule has 0 saturated heterocycles. The van der Waals surface area contributed by atoms with Gasteiger partial charge in [0.15, 0.2) is 11.6 Å². The lowest BCUT2D eigenvalue weighted by atomic mass is 10.0.